The highest BCUT2D eigenvalue weighted by Gasteiger charge is 2.36. The van der Waals surface area contributed by atoms with E-state index in [1.54, 1.807) is 6.08 Å². The molecule has 128 valence electrons. The first-order valence-electron chi connectivity index (χ1n) is 8.65. The summed E-state index contributed by atoms with van der Waals surface area (Å²) in [6.45, 7) is 3.14. The van der Waals surface area contributed by atoms with E-state index in [0.29, 0.717) is 24.0 Å². The Balaban J connectivity index is 1.68. The highest BCUT2D eigenvalue weighted by atomic mass is 32.2. The van der Waals surface area contributed by atoms with Gasteiger partial charge in [-0.3, -0.25) is 14.5 Å². The van der Waals surface area contributed by atoms with E-state index in [2.05, 4.69) is 0 Å². The molecule has 1 aliphatic heterocycles. The average Bonchev–Trinajstić information content (AvgIpc) is 2.85. The summed E-state index contributed by atoms with van der Waals surface area (Å²) in [5.41, 5.74) is 0.904. The molecule has 1 saturated carbocycles. The van der Waals surface area contributed by atoms with Gasteiger partial charge in [0.15, 0.2) is 0 Å². The molecule has 0 radical (unpaired) electrons. The average molecular weight is 345 g/mol. The number of carbonyl (C=O) groups excluding carboxylic acids is 2. The molecule has 0 unspecified atom stereocenters. The van der Waals surface area contributed by atoms with Crippen LogP contribution in [0.5, 0.6) is 5.75 Å². The quantitative estimate of drug-likeness (QED) is 0.726. The Kier molecular flexibility index (Phi) is 5.61. The van der Waals surface area contributed by atoms with Gasteiger partial charge in [0.25, 0.3) is 11.1 Å². The second kappa shape index (κ2) is 7.88. The Hall–Kier alpha value is -1.75. The van der Waals surface area contributed by atoms with E-state index in [-0.39, 0.29) is 11.1 Å². The maximum Gasteiger partial charge on any atom is 0.293 e. The van der Waals surface area contributed by atoms with Gasteiger partial charge in [-0.25, -0.2) is 0 Å². The molecular weight excluding hydrogens is 322 g/mol. The minimum absolute atomic E-state index is 0.136. The van der Waals surface area contributed by atoms with Crippen molar-refractivity contribution in [2.75, 3.05) is 13.2 Å². The number of carbonyl (C=O) groups is 2. The van der Waals surface area contributed by atoms with Gasteiger partial charge in [0.1, 0.15) is 5.75 Å². The molecule has 3 rings (SSSR count). The maximum atomic E-state index is 12.6. The highest BCUT2D eigenvalue weighted by molar-refractivity contribution is 8.18. The highest BCUT2D eigenvalue weighted by Crippen LogP contribution is 2.34. The van der Waals surface area contributed by atoms with Crippen LogP contribution in [0.2, 0.25) is 0 Å². The first-order chi connectivity index (χ1) is 11.7. The molecule has 0 N–H and O–H groups in total. The molecule has 2 amide bonds. The minimum atomic E-state index is -0.149. The van der Waals surface area contributed by atoms with E-state index < -0.39 is 0 Å². The van der Waals surface area contributed by atoms with Crippen LogP contribution in [0.25, 0.3) is 6.08 Å². The van der Waals surface area contributed by atoms with Crippen LogP contribution in [0, 0.1) is 5.92 Å². The van der Waals surface area contributed by atoms with Gasteiger partial charge in [-0.1, -0.05) is 31.4 Å². The monoisotopic (exact) mass is 345 g/mol. The lowest BCUT2D eigenvalue weighted by Crippen LogP contribution is -2.34. The van der Waals surface area contributed by atoms with Gasteiger partial charge in [0, 0.05) is 6.54 Å². The molecular formula is C19H23NO3S. The van der Waals surface area contributed by atoms with Crippen molar-refractivity contribution in [3.05, 3.63) is 34.7 Å². The Morgan fingerprint density at radius 3 is 2.54 bits per heavy atom. The number of amides is 2. The van der Waals surface area contributed by atoms with Gasteiger partial charge >= 0.3 is 0 Å². The Morgan fingerprint density at radius 2 is 1.88 bits per heavy atom. The Morgan fingerprint density at radius 1 is 1.17 bits per heavy atom. The van der Waals surface area contributed by atoms with Crippen molar-refractivity contribution in [1.82, 2.24) is 4.90 Å². The maximum absolute atomic E-state index is 12.6. The van der Waals surface area contributed by atoms with Gasteiger partial charge in [0.05, 0.1) is 11.5 Å². The number of hydrogen-bond donors (Lipinski definition) is 0. The zero-order chi connectivity index (χ0) is 16.9. The minimum Gasteiger partial charge on any atom is -0.494 e. The van der Waals surface area contributed by atoms with Crippen LogP contribution in [-0.4, -0.2) is 29.2 Å². The van der Waals surface area contributed by atoms with Crippen molar-refractivity contribution in [3.63, 3.8) is 0 Å². The molecule has 1 aliphatic carbocycles. The van der Waals surface area contributed by atoms with Crippen LogP contribution in [-0.2, 0) is 4.79 Å². The summed E-state index contributed by atoms with van der Waals surface area (Å²) in [5, 5.41) is -0.136. The zero-order valence-electron chi connectivity index (χ0n) is 14.0. The predicted molar refractivity (Wildman–Crippen MR) is 96.9 cm³/mol. The van der Waals surface area contributed by atoms with Crippen molar-refractivity contribution < 1.29 is 14.3 Å². The van der Waals surface area contributed by atoms with E-state index in [4.69, 9.17) is 4.74 Å². The summed E-state index contributed by atoms with van der Waals surface area (Å²) in [7, 11) is 0. The molecule has 0 aromatic heterocycles. The first-order valence-corrected chi connectivity index (χ1v) is 9.47. The van der Waals surface area contributed by atoms with E-state index >= 15 is 0 Å². The van der Waals surface area contributed by atoms with Crippen molar-refractivity contribution >= 4 is 29.0 Å². The second-order valence-electron chi connectivity index (χ2n) is 6.30. The lowest BCUT2D eigenvalue weighted by Gasteiger charge is -2.25. The fourth-order valence-corrected chi connectivity index (χ4v) is 4.11. The summed E-state index contributed by atoms with van der Waals surface area (Å²) >= 11 is 1.05. The Labute approximate surface area is 147 Å². The van der Waals surface area contributed by atoms with Gasteiger partial charge in [-0.2, -0.15) is 0 Å². The van der Waals surface area contributed by atoms with Gasteiger partial charge in [-0.05, 0) is 61.2 Å². The summed E-state index contributed by atoms with van der Waals surface area (Å²) in [6, 6.07) is 7.56. The van der Waals surface area contributed by atoms with Crippen LogP contribution in [0.1, 0.15) is 44.6 Å². The van der Waals surface area contributed by atoms with Crippen LogP contribution in [0.4, 0.5) is 4.79 Å². The second-order valence-corrected chi connectivity index (χ2v) is 7.29. The summed E-state index contributed by atoms with van der Waals surface area (Å²) in [5.74, 6) is 1.13. The molecule has 1 aromatic rings. The van der Waals surface area contributed by atoms with E-state index in [0.717, 1.165) is 35.9 Å². The fraction of sp³-hybridized carbons (Fsp3) is 0.474. The SMILES string of the molecule is CCOc1ccc(/C=C2/SC(=O)N(CC3CCCCC3)C2=O)cc1. The molecule has 24 heavy (non-hydrogen) atoms. The van der Waals surface area contributed by atoms with Crippen molar-refractivity contribution in [3.8, 4) is 5.75 Å². The third kappa shape index (κ3) is 4.01. The molecule has 5 heteroatoms. The smallest absolute Gasteiger partial charge is 0.293 e. The third-order valence-electron chi connectivity index (χ3n) is 4.53. The van der Waals surface area contributed by atoms with Gasteiger partial charge in [0.2, 0.25) is 0 Å². The summed E-state index contributed by atoms with van der Waals surface area (Å²) < 4.78 is 5.42. The normalized spacial score (nSPS) is 20.9. The number of rotatable bonds is 5. The number of nitrogens with zero attached hydrogens (tertiary/aromatic N) is 1. The van der Waals surface area contributed by atoms with Crippen LogP contribution in [0.3, 0.4) is 0 Å². The largest absolute Gasteiger partial charge is 0.494 e. The van der Waals surface area contributed by atoms with Crippen LogP contribution >= 0.6 is 11.8 Å². The Bertz CT molecular complexity index is 633. The van der Waals surface area contributed by atoms with Crippen molar-refractivity contribution in [2.24, 2.45) is 5.92 Å². The molecule has 0 bridgehead atoms. The van der Waals surface area contributed by atoms with E-state index in [1.807, 2.05) is 31.2 Å². The summed E-state index contributed by atoms with van der Waals surface area (Å²) in [4.78, 5) is 26.7. The fourth-order valence-electron chi connectivity index (χ4n) is 3.26. The van der Waals surface area contributed by atoms with Crippen molar-refractivity contribution in [1.29, 1.82) is 0 Å². The van der Waals surface area contributed by atoms with Crippen LogP contribution in [0.15, 0.2) is 29.2 Å². The number of benzene rings is 1. The van der Waals surface area contributed by atoms with Gasteiger partial charge in [-0.15, -0.1) is 0 Å². The molecule has 1 saturated heterocycles. The van der Waals surface area contributed by atoms with E-state index in [9.17, 15) is 9.59 Å². The molecule has 1 heterocycles. The number of ether oxygens (including phenoxy) is 1. The lowest BCUT2D eigenvalue weighted by molar-refractivity contribution is -0.123. The lowest BCUT2D eigenvalue weighted by atomic mass is 9.89. The molecule has 4 nitrogen and oxygen atoms in total. The summed E-state index contributed by atoms with van der Waals surface area (Å²) in [6.07, 6.45) is 7.74. The number of hydrogen-bond acceptors (Lipinski definition) is 4. The molecule has 1 aromatic carbocycles. The van der Waals surface area contributed by atoms with Crippen molar-refractivity contribution in [2.45, 2.75) is 39.0 Å². The van der Waals surface area contributed by atoms with E-state index in [1.165, 1.54) is 24.2 Å². The molecule has 2 fully saturated rings. The van der Waals surface area contributed by atoms with Gasteiger partial charge < -0.3 is 4.74 Å². The molecule has 2 aliphatic rings. The zero-order valence-corrected chi connectivity index (χ0v) is 14.8. The topological polar surface area (TPSA) is 46.6 Å². The molecule has 0 spiro atoms. The first kappa shape index (κ1) is 17.1. The number of imide groups is 1. The predicted octanol–water partition coefficient (Wildman–Crippen LogP) is 4.70. The third-order valence-corrected chi connectivity index (χ3v) is 5.44. The molecule has 0 atom stereocenters. The van der Waals surface area contributed by atoms with Crippen LogP contribution < -0.4 is 4.74 Å². The standard InChI is InChI=1S/C19H23NO3S/c1-2-23-16-10-8-14(9-11-16)12-17-18(21)20(19(22)24-17)13-15-6-4-3-5-7-15/h8-12,15H,2-7,13H2,1H3/b17-12+. The number of thioether (sulfide) groups is 1.